The summed E-state index contributed by atoms with van der Waals surface area (Å²) in [6, 6.07) is 14.0. The minimum absolute atomic E-state index is 0.0423. The van der Waals surface area contributed by atoms with E-state index in [1.54, 1.807) is 19.2 Å². The molecule has 0 atom stereocenters. The van der Waals surface area contributed by atoms with Crippen molar-refractivity contribution in [3.05, 3.63) is 65.4 Å². The SMILES string of the molecule is COc1ccc(-c2nc3nc(C)ccn3c2-c2ccc(S(N)(=O)=O)c(Cl)c2)cc1. The topological polar surface area (TPSA) is 99.6 Å². The van der Waals surface area contributed by atoms with Crippen LogP contribution in [-0.2, 0) is 10.0 Å². The first kappa shape index (κ1) is 19.4. The highest BCUT2D eigenvalue weighted by Crippen LogP contribution is 2.35. The van der Waals surface area contributed by atoms with Crippen molar-refractivity contribution >= 4 is 27.4 Å². The van der Waals surface area contributed by atoms with E-state index < -0.39 is 10.0 Å². The molecule has 2 aromatic carbocycles. The van der Waals surface area contributed by atoms with Gasteiger partial charge in [0.25, 0.3) is 0 Å². The van der Waals surface area contributed by atoms with Crippen molar-refractivity contribution in [3.8, 4) is 28.3 Å². The zero-order valence-corrected chi connectivity index (χ0v) is 17.2. The van der Waals surface area contributed by atoms with E-state index in [-0.39, 0.29) is 9.92 Å². The van der Waals surface area contributed by atoms with Gasteiger partial charge < -0.3 is 4.74 Å². The molecular formula is C20H17ClN4O3S. The first-order valence-electron chi connectivity index (χ1n) is 8.61. The Kier molecular flexibility index (Phi) is 4.77. The summed E-state index contributed by atoms with van der Waals surface area (Å²) < 4.78 is 30.5. The number of rotatable bonds is 4. The van der Waals surface area contributed by atoms with Crippen molar-refractivity contribution in [1.29, 1.82) is 0 Å². The number of halogens is 1. The van der Waals surface area contributed by atoms with Crippen LogP contribution in [0.4, 0.5) is 0 Å². The van der Waals surface area contributed by atoms with Crippen molar-refractivity contribution in [3.63, 3.8) is 0 Å². The standard InChI is InChI=1S/C20H17ClN4O3S/c1-12-9-10-25-19(14-5-8-17(16(21)11-14)29(22,26)27)18(24-20(25)23-12)13-3-6-15(28-2)7-4-13/h3-11H,1-2H3,(H2,22,26,27). The average molecular weight is 429 g/mol. The highest BCUT2D eigenvalue weighted by molar-refractivity contribution is 7.89. The quantitative estimate of drug-likeness (QED) is 0.534. The number of benzene rings is 2. The van der Waals surface area contributed by atoms with Crippen LogP contribution in [-0.4, -0.2) is 29.9 Å². The second-order valence-electron chi connectivity index (χ2n) is 6.47. The Hall–Kier alpha value is -2.94. The molecular weight excluding hydrogens is 412 g/mol. The van der Waals surface area contributed by atoms with Crippen molar-refractivity contribution in [2.75, 3.05) is 7.11 Å². The van der Waals surface area contributed by atoms with Gasteiger partial charge in [-0.2, -0.15) is 0 Å². The summed E-state index contributed by atoms with van der Waals surface area (Å²) in [5.74, 6) is 1.26. The zero-order valence-electron chi connectivity index (χ0n) is 15.6. The Morgan fingerprint density at radius 1 is 1.03 bits per heavy atom. The maximum Gasteiger partial charge on any atom is 0.239 e. The lowest BCUT2D eigenvalue weighted by Gasteiger charge is -2.09. The lowest BCUT2D eigenvalue weighted by molar-refractivity contribution is 0.415. The lowest BCUT2D eigenvalue weighted by Crippen LogP contribution is -2.12. The largest absolute Gasteiger partial charge is 0.497 e. The van der Waals surface area contributed by atoms with Gasteiger partial charge in [-0.05, 0) is 49.4 Å². The Balaban J connectivity index is 1.98. The van der Waals surface area contributed by atoms with Gasteiger partial charge in [0, 0.05) is 23.0 Å². The van der Waals surface area contributed by atoms with Gasteiger partial charge in [0.2, 0.25) is 15.8 Å². The van der Waals surface area contributed by atoms with Crippen molar-refractivity contribution in [1.82, 2.24) is 14.4 Å². The molecule has 0 radical (unpaired) electrons. The fraction of sp³-hybridized carbons (Fsp3) is 0.100. The fourth-order valence-corrected chi connectivity index (χ4v) is 4.21. The van der Waals surface area contributed by atoms with Gasteiger partial charge in [-0.3, -0.25) is 4.40 Å². The minimum atomic E-state index is -3.92. The second-order valence-corrected chi connectivity index (χ2v) is 8.40. The van der Waals surface area contributed by atoms with Crippen molar-refractivity contribution in [2.45, 2.75) is 11.8 Å². The van der Waals surface area contributed by atoms with E-state index in [1.807, 2.05) is 47.9 Å². The molecule has 0 spiro atoms. The highest BCUT2D eigenvalue weighted by Gasteiger charge is 2.20. The Labute approximate surface area is 172 Å². The van der Waals surface area contributed by atoms with Crippen molar-refractivity contribution < 1.29 is 13.2 Å². The number of primary sulfonamides is 1. The van der Waals surface area contributed by atoms with Gasteiger partial charge in [0.05, 0.1) is 23.5 Å². The first-order chi connectivity index (χ1) is 13.8. The maximum absolute atomic E-state index is 11.7. The molecule has 2 aromatic heterocycles. The summed E-state index contributed by atoms with van der Waals surface area (Å²) in [6.45, 7) is 1.89. The van der Waals surface area contributed by atoms with Gasteiger partial charge in [0.1, 0.15) is 10.6 Å². The van der Waals surface area contributed by atoms with E-state index in [9.17, 15) is 8.42 Å². The molecule has 4 aromatic rings. The van der Waals surface area contributed by atoms with Crippen LogP contribution in [0.2, 0.25) is 5.02 Å². The van der Waals surface area contributed by atoms with Crippen LogP contribution in [0.3, 0.4) is 0 Å². The number of hydrogen-bond acceptors (Lipinski definition) is 5. The minimum Gasteiger partial charge on any atom is -0.497 e. The molecule has 0 amide bonds. The monoisotopic (exact) mass is 428 g/mol. The molecule has 0 saturated heterocycles. The molecule has 0 saturated carbocycles. The molecule has 4 rings (SSSR count). The number of aromatic nitrogens is 3. The molecule has 2 heterocycles. The molecule has 7 nitrogen and oxygen atoms in total. The Morgan fingerprint density at radius 2 is 1.72 bits per heavy atom. The normalized spacial score (nSPS) is 11.7. The number of nitrogens with two attached hydrogens (primary N) is 1. The summed E-state index contributed by atoms with van der Waals surface area (Å²) in [5, 5.41) is 5.27. The number of ether oxygens (including phenoxy) is 1. The predicted molar refractivity (Wildman–Crippen MR) is 112 cm³/mol. The molecule has 0 aliphatic carbocycles. The summed E-state index contributed by atoms with van der Waals surface area (Å²) in [4.78, 5) is 9.07. The van der Waals surface area contributed by atoms with Crippen LogP contribution in [0, 0.1) is 6.92 Å². The third kappa shape index (κ3) is 3.57. The number of imidazole rings is 1. The van der Waals surface area contributed by atoms with E-state index in [4.69, 9.17) is 26.5 Å². The van der Waals surface area contributed by atoms with E-state index in [0.717, 1.165) is 22.7 Å². The zero-order chi connectivity index (χ0) is 20.8. The Morgan fingerprint density at radius 3 is 2.34 bits per heavy atom. The van der Waals surface area contributed by atoms with Crippen LogP contribution < -0.4 is 9.88 Å². The smallest absolute Gasteiger partial charge is 0.239 e. The highest BCUT2D eigenvalue weighted by atomic mass is 35.5. The summed E-state index contributed by atoms with van der Waals surface area (Å²) in [5.41, 5.74) is 3.80. The van der Waals surface area contributed by atoms with E-state index >= 15 is 0 Å². The number of fused-ring (bicyclic) bond motifs is 1. The predicted octanol–water partition coefficient (Wildman–Crippen LogP) is 3.68. The van der Waals surface area contributed by atoms with Gasteiger partial charge in [-0.25, -0.2) is 23.5 Å². The number of aryl methyl sites for hydroxylation is 1. The summed E-state index contributed by atoms with van der Waals surface area (Å²) >= 11 is 6.22. The van der Waals surface area contributed by atoms with Gasteiger partial charge in [0.15, 0.2) is 0 Å². The number of hydrogen-bond donors (Lipinski definition) is 1. The van der Waals surface area contributed by atoms with Gasteiger partial charge in [-0.1, -0.05) is 17.7 Å². The molecule has 0 aliphatic rings. The molecule has 9 heteroatoms. The number of nitrogens with zero attached hydrogens (tertiary/aromatic N) is 3. The summed E-state index contributed by atoms with van der Waals surface area (Å²) in [6.07, 6.45) is 1.87. The van der Waals surface area contributed by atoms with E-state index in [2.05, 4.69) is 4.98 Å². The molecule has 0 bridgehead atoms. The van der Waals surface area contributed by atoms with Crippen LogP contribution in [0.5, 0.6) is 5.75 Å². The molecule has 148 valence electrons. The number of sulfonamides is 1. The van der Waals surface area contributed by atoms with Crippen LogP contribution >= 0.6 is 11.6 Å². The van der Waals surface area contributed by atoms with Crippen LogP contribution in [0.25, 0.3) is 28.3 Å². The third-order valence-electron chi connectivity index (χ3n) is 4.51. The third-order valence-corrected chi connectivity index (χ3v) is 5.90. The van der Waals surface area contributed by atoms with Gasteiger partial charge >= 0.3 is 0 Å². The Bertz CT molecular complexity index is 1330. The molecule has 0 fully saturated rings. The van der Waals surface area contributed by atoms with Gasteiger partial charge in [-0.15, -0.1) is 0 Å². The molecule has 29 heavy (non-hydrogen) atoms. The lowest BCUT2D eigenvalue weighted by atomic mass is 10.0. The van der Waals surface area contributed by atoms with Crippen molar-refractivity contribution in [2.24, 2.45) is 5.14 Å². The molecule has 2 N–H and O–H groups in total. The first-order valence-corrected chi connectivity index (χ1v) is 10.5. The average Bonchev–Trinajstić information content (AvgIpc) is 3.05. The maximum atomic E-state index is 11.7. The fourth-order valence-electron chi connectivity index (χ4n) is 3.12. The second kappa shape index (κ2) is 7.14. The summed E-state index contributed by atoms with van der Waals surface area (Å²) in [7, 11) is -2.31. The molecule has 0 unspecified atom stereocenters. The van der Waals surface area contributed by atoms with E-state index in [1.165, 1.54) is 6.07 Å². The van der Waals surface area contributed by atoms with Crippen LogP contribution in [0.1, 0.15) is 5.69 Å². The van der Waals surface area contributed by atoms with Crippen LogP contribution in [0.15, 0.2) is 59.6 Å². The number of methoxy groups -OCH3 is 1. The molecule has 0 aliphatic heterocycles. The van der Waals surface area contributed by atoms with E-state index in [0.29, 0.717) is 17.0 Å².